The third kappa shape index (κ3) is 4.74. The van der Waals surface area contributed by atoms with Crippen LogP contribution in [0.25, 0.3) is 0 Å². The minimum Gasteiger partial charge on any atom is -0.338 e. The Balaban J connectivity index is 1.49. The molecule has 0 radical (unpaired) electrons. The van der Waals surface area contributed by atoms with Crippen LogP contribution in [0.4, 0.5) is 0 Å². The molecule has 25 heavy (non-hydrogen) atoms. The van der Waals surface area contributed by atoms with Crippen molar-refractivity contribution in [1.29, 1.82) is 0 Å². The molecule has 3 rings (SSSR count). The van der Waals surface area contributed by atoms with Crippen molar-refractivity contribution in [1.82, 2.24) is 14.8 Å². The van der Waals surface area contributed by atoms with E-state index in [9.17, 15) is 9.59 Å². The van der Waals surface area contributed by atoms with E-state index in [2.05, 4.69) is 4.98 Å². The van der Waals surface area contributed by atoms with E-state index < -0.39 is 0 Å². The molecular weight excluding hydrogens is 358 g/mol. The van der Waals surface area contributed by atoms with Gasteiger partial charge in [0.25, 0.3) is 5.91 Å². The fourth-order valence-corrected chi connectivity index (χ4v) is 3.61. The lowest BCUT2D eigenvalue weighted by atomic mass is 10.2. The Morgan fingerprint density at radius 2 is 1.72 bits per heavy atom. The first-order valence-electron chi connectivity index (χ1n) is 7.99. The number of carbonyl (C=O) groups excluding carboxylic acids is 2. The Bertz CT molecular complexity index is 749. The maximum atomic E-state index is 12.5. The lowest BCUT2D eigenvalue weighted by Gasteiger charge is -2.34. The van der Waals surface area contributed by atoms with Crippen LogP contribution in [0.3, 0.4) is 0 Å². The number of piperazine rings is 1. The predicted octanol–water partition coefficient (Wildman–Crippen LogP) is 2.81. The molecule has 0 N–H and O–H groups in total. The van der Waals surface area contributed by atoms with Gasteiger partial charge in [-0.3, -0.25) is 14.6 Å². The standard InChI is InChI=1S/C18H18ClN3O2S/c19-15-3-1-2-14(12-15)18(24)22-10-8-21(9-11-22)17(23)13-25-16-4-6-20-7-5-16/h1-7,12H,8-11,13H2. The molecule has 5 nitrogen and oxygen atoms in total. The molecule has 130 valence electrons. The summed E-state index contributed by atoms with van der Waals surface area (Å²) < 4.78 is 0. The Hall–Kier alpha value is -2.05. The van der Waals surface area contributed by atoms with Crippen molar-refractivity contribution in [2.75, 3.05) is 31.9 Å². The smallest absolute Gasteiger partial charge is 0.254 e. The molecule has 0 atom stereocenters. The van der Waals surface area contributed by atoms with Gasteiger partial charge >= 0.3 is 0 Å². The maximum Gasteiger partial charge on any atom is 0.254 e. The van der Waals surface area contributed by atoms with Crippen molar-refractivity contribution in [3.8, 4) is 0 Å². The number of nitrogens with zero attached hydrogens (tertiary/aromatic N) is 3. The number of aromatic nitrogens is 1. The van der Waals surface area contributed by atoms with Crippen molar-refractivity contribution in [2.24, 2.45) is 0 Å². The number of pyridine rings is 1. The highest BCUT2D eigenvalue weighted by Crippen LogP contribution is 2.18. The molecule has 2 heterocycles. The first-order chi connectivity index (χ1) is 12.1. The van der Waals surface area contributed by atoms with E-state index >= 15 is 0 Å². The van der Waals surface area contributed by atoms with Gasteiger partial charge < -0.3 is 9.80 Å². The van der Waals surface area contributed by atoms with Crippen molar-refractivity contribution < 1.29 is 9.59 Å². The quantitative estimate of drug-likeness (QED) is 0.771. The van der Waals surface area contributed by atoms with Crippen LogP contribution in [0.15, 0.2) is 53.7 Å². The number of carbonyl (C=O) groups is 2. The number of halogens is 1. The second-order valence-electron chi connectivity index (χ2n) is 5.65. The molecule has 2 aromatic rings. The lowest BCUT2D eigenvalue weighted by molar-refractivity contribution is -0.129. The number of amides is 2. The molecule has 1 aromatic heterocycles. The zero-order chi connectivity index (χ0) is 17.6. The summed E-state index contributed by atoms with van der Waals surface area (Å²) in [5.41, 5.74) is 0.584. The number of thioether (sulfide) groups is 1. The Labute approximate surface area is 156 Å². The number of hydrogen-bond acceptors (Lipinski definition) is 4. The van der Waals surface area contributed by atoms with Gasteiger partial charge in [0.15, 0.2) is 0 Å². The zero-order valence-electron chi connectivity index (χ0n) is 13.6. The van der Waals surface area contributed by atoms with Crippen molar-refractivity contribution in [2.45, 2.75) is 4.90 Å². The van der Waals surface area contributed by atoms with E-state index in [1.54, 1.807) is 41.6 Å². The summed E-state index contributed by atoms with van der Waals surface area (Å²) in [4.78, 5) is 33.4. The summed E-state index contributed by atoms with van der Waals surface area (Å²) in [5.74, 6) is 0.448. The molecule has 2 amide bonds. The summed E-state index contributed by atoms with van der Waals surface area (Å²) in [6, 6.07) is 10.7. The van der Waals surface area contributed by atoms with Crippen molar-refractivity contribution in [3.63, 3.8) is 0 Å². The fraction of sp³-hybridized carbons (Fsp3) is 0.278. The Morgan fingerprint density at radius 1 is 1.04 bits per heavy atom. The molecule has 1 aliphatic rings. The maximum absolute atomic E-state index is 12.5. The normalized spacial score (nSPS) is 14.4. The molecule has 0 bridgehead atoms. The second-order valence-corrected chi connectivity index (χ2v) is 7.14. The van der Waals surface area contributed by atoms with E-state index in [0.717, 1.165) is 4.90 Å². The first-order valence-corrected chi connectivity index (χ1v) is 9.35. The summed E-state index contributed by atoms with van der Waals surface area (Å²) in [6.45, 7) is 2.19. The van der Waals surface area contributed by atoms with Gasteiger partial charge in [0.1, 0.15) is 0 Å². The minimum absolute atomic E-state index is 0.0410. The molecule has 1 aliphatic heterocycles. The fourth-order valence-electron chi connectivity index (χ4n) is 2.63. The Morgan fingerprint density at radius 3 is 2.40 bits per heavy atom. The van der Waals surface area contributed by atoms with Crippen molar-refractivity contribution in [3.05, 3.63) is 59.4 Å². The number of hydrogen-bond donors (Lipinski definition) is 0. The summed E-state index contributed by atoms with van der Waals surface area (Å²) >= 11 is 7.45. The van der Waals surface area contributed by atoms with Gasteiger partial charge in [0.2, 0.25) is 5.91 Å². The third-order valence-electron chi connectivity index (χ3n) is 4.00. The van der Waals surface area contributed by atoms with E-state index in [1.165, 1.54) is 11.8 Å². The molecule has 0 spiro atoms. The number of benzene rings is 1. The van der Waals surface area contributed by atoms with Crippen LogP contribution >= 0.6 is 23.4 Å². The minimum atomic E-state index is -0.0410. The average molecular weight is 376 g/mol. The second kappa shape index (κ2) is 8.36. The Kier molecular flexibility index (Phi) is 5.94. The van der Waals surface area contributed by atoms with Gasteiger partial charge in [-0.25, -0.2) is 0 Å². The van der Waals surface area contributed by atoms with Crippen LogP contribution in [-0.4, -0.2) is 58.5 Å². The van der Waals surface area contributed by atoms with E-state index in [-0.39, 0.29) is 11.8 Å². The molecule has 0 aliphatic carbocycles. The molecule has 1 saturated heterocycles. The van der Waals surface area contributed by atoms with Crippen molar-refractivity contribution >= 4 is 35.2 Å². The van der Waals surface area contributed by atoms with Crippen LogP contribution < -0.4 is 0 Å². The van der Waals surface area contributed by atoms with E-state index in [0.29, 0.717) is 42.5 Å². The molecule has 0 saturated carbocycles. The molecule has 0 unspecified atom stereocenters. The lowest BCUT2D eigenvalue weighted by Crippen LogP contribution is -2.51. The monoisotopic (exact) mass is 375 g/mol. The SMILES string of the molecule is O=C(CSc1ccncc1)N1CCN(C(=O)c2cccc(Cl)c2)CC1. The third-order valence-corrected chi connectivity index (χ3v) is 5.24. The topological polar surface area (TPSA) is 53.5 Å². The molecule has 1 aromatic carbocycles. The highest BCUT2D eigenvalue weighted by Gasteiger charge is 2.24. The van der Waals surface area contributed by atoms with Crippen LogP contribution in [0, 0.1) is 0 Å². The zero-order valence-corrected chi connectivity index (χ0v) is 15.2. The van der Waals surface area contributed by atoms with Gasteiger partial charge in [0.05, 0.1) is 5.75 Å². The summed E-state index contributed by atoms with van der Waals surface area (Å²) in [5, 5.41) is 0.549. The summed E-state index contributed by atoms with van der Waals surface area (Å²) in [6.07, 6.45) is 3.43. The van der Waals surface area contributed by atoms with Gasteiger partial charge in [-0.1, -0.05) is 17.7 Å². The highest BCUT2D eigenvalue weighted by atomic mass is 35.5. The van der Waals surface area contributed by atoms with Gasteiger partial charge in [0, 0.05) is 54.1 Å². The van der Waals surface area contributed by atoms with Crippen LogP contribution in [-0.2, 0) is 4.79 Å². The average Bonchev–Trinajstić information content (AvgIpc) is 2.66. The number of rotatable bonds is 4. The van der Waals surface area contributed by atoms with Gasteiger partial charge in [-0.2, -0.15) is 0 Å². The molecule has 7 heteroatoms. The van der Waals surface area contributed by atoms with E-state index in [4.69, 9.17) is 11.6 Å². The van der Waals surface area contributed by atoms with E-state index in [1.807, 2.05) is 17.0 Å². The first kappa shape index (κ1) is 17.8. The van der Waals surface area contributed by atoms with Crippen LogP contribution in [0.5, 0.6) is 0 Å². The van der Waals surface area contributed by atoms with Gasteiger partial charge in [-0.05, 0) is 30.3 Å². The highest BCUT2D eigenvalue weighted by molar-refractivity contribution is 8.00. The van der Waals surface area contributed by atoms with Crippen LogP contribution in [0.1, 0.15) is 10.4 Å². The largest absolute Gasteiger partial charge is 0.338 e. The molecular formula is C18H18ClN3O2S. The molecule has 1 fully saturated rings. The summed E-state index contributed by atoms with van der Waals surface area (Å²) in [7, 11) is 0. The predicted molar refractivity (Wildman–Crippen MR) is 98.9 cm³/mol. The van der Waals surface area contributed by atoms with Gasteiger partial charge in [-0.15, -0.1) is 11.8 Å². The van der Waals surface area contributed by atoms with Crippen LogP contribution in [0.2, 0.25) is 5.02 Å².